The van der Waals surface area contributed by atoms with Gasteiger partial charge in [0.2, 0.25) is 0 Å². The van der Waals surface area contributed by atoms with E-state index in [2.05, 4.69) is 14.6 Å². The Morgan fingerprint density at radius 2 is 2.07 bits per heavy atom. The molecule has 1 aromatic rings. The molecule has 3 rings (SSSR count). The third-order valence-corrected chi connectivity index (χ3v) is 3.55. The fourth-order valence-electron chi connectivity index (χ4n) is 1.58. The maximum atomic E-state index is 11.7. The van der Waals surface area contributed by atoms with Crippen LogP contribution in [0.2, 0.25) is 0 Å². The average Bonchev–Trinajstić information content (AvgIpc) is 2.65. The lowest BCUT2D eigenvalue weighted by Crippen LogP contribution is -2.30. The summed E-state index contributed by atoms with van der Waals surface area (Å²) in [7, 11) is -3.60. The summed E-state index contributed by atoms with van der Waals surface area (Å²) in [5, 5.41) is 7.42. The number of guanidine groups is 1. The number of anilines is 1. The van der Waals surface area contributed by atoms with Crippen LogP contribution in [0.25, 0.3) is 0 Å². The lowest BCUT2D eigenvalue weighted by Gasteiger charge is -2.21. The van der Waals surface area contributed by atoms with Gasteiger partial charge in [0.15, 0.2) is 0 Å². The molecule has 15 heavy (non-hydrogen) atoms. The Morgan fingerprint density at radius 1 is 1.27 bits per heavy atom. The second-order valence-corrected chi connectivity index (χ2v) is 4.72. The molecule has 76 valence electrons. The lowest BCUT2D eigenvalue weighted by molar-refractivity contribution is 0.597. The van der Waals surface area contributed by atoms with E-state index in [1.165, 1.54) is 6.07 Å². The molecule has 0 N–H and O–H groups in total. The van der Waals surface area contributed by atoms with Crippen molar-refractivity contribution in [3.8, 4) is 0 Å². The van der Waals surface area contributed by atoms with Crippen LogP contribution in [-0.4, -0.2) is 21.0 Å². The van der Waals surface area contributed by atoms with E-state index in [-0.39, 0.29) is 10.9 Å². The van der Waals surface area contributed by atoms with Crippen molar-refractivity contribution in [2.45, 2.75) is 4.90 Å². The lowest BCUT2D eigenvalue weighted by atomic mass is 10.3. The number of hydrogen-bond donors (Lipinski definition) is 0. The first-order valence-electron chi connectivity index (χ1n) is 4.27. The summed E-state index contributed by atoms with van der Waals surface area (Å²) in [5.74, 6) is 0.147. The maximum absolute atomic E-state index is 11.7. The minimum absolute atomic E-state index is 0.147. The van der Waals surface area contributed by atoms with Crippen molar-refractivity contribution in [3.63, 3.8) is 0 Å². The molecular weight excluding hydrogens is 216 g/mol. The van der Waals surface area contributed by atoms with Crippen molar-refractivity contribution >= 4 is 21.7 Å². The summed E-state index contributed by atoms with van der Waals surface area (Å²) in [6.07, 6.45) is 0. The molecule has 2 aliphatic rings. The minimum atomic E-state index is -3.60. The first-order chi connectivity index (χ1) is 7.18. The van der Waals surface area contributed by atoms with Crippen molar-refractivity contribution in [1.29, 1.82) is 0 Å². The topological polar surface area (TPSA) is 74.5 Å². The number of benzene rings is 1. The molecule has 0 fully saturated rings. The highest BCUT2D eigenvalue weighted by molar-refractivity contribution is 7.90. The van der Waals surface area contributed by atoms with Gasteiger partial charge in [0.25, 0.3) is 16.0 Å². The van der Waals surface area contributed by atoms with Gasteiger partial charge >= 0.3 is 0 Å². The van der Waals surface area contributed by atoms with E-state index in [0.29, 0.717) is 12.4 Å². The first-order valence-corrected chi connectivity index (χ1v) is 5.71. The zero-order chi connectivity index (χ0) is 10.5. The predicted molar refractivity (Wildman–Crippen MR) is 53.3 cm³/mol. The van der Waals surface area contributed by atoms with Crippen molar-refractivity contribution in [2.24, 2.45) is 14.6 Å². The van der Waals surface area contributed by atoms with Gasteiger partial charge in [0.1, 0.15) is 11.6 Å². The maximum Gasteiger partial charge on any atom is 0.287 e. The van der Waals surface area contributed by atoms with Crippen LogP contribution in [-0.2, 0) is 10.0 Å². The summed E-state index contributed by atoms with van der Waals surface area (Å²) in [5.41, 5.74) is 0.590. The molecule has 0 bridgehead atoms. The minimum Gasteiger partial charge on any atom is -0.285 e. The number of rotatable bonds is 0. The largest absolute Gasteiger partial charge is 0.287 e. The fourth-order valence-corrected chi connectivity index (χ4v) is 2.72. The molecule has 0 aromatic heterocycles. The van der Waals surface area contributed by atoms with Crippen LogP contribution in [0.3, 0.4) is 0 Å². The van der Waals surface area contributed by atoms with Crippen LogP contribution in [0.4, 0.5) is 5.69 Å². The molecule has 0 radical (unpaired) electrons. The molecule has 0 aliphatic carbocycles. The Bertz CT molecular complexity index is 590. The smallest absolute Gasteiger partial charge is 0.285 e. The number of azo groups is 1. The van der Waals surface area contributed by atoms with Gasteiger partial charge < -0.3 is 0 Å². The van der Waals surface area contributed by atoms with Gasteiger partial charge in [-0.1, -0.05) is 12.1 Å². The molecule has 0 amide bonds. The van der Waals surface area contributed by atoms with E-state index in [1.807, 2.05) is 0 Å². The summed E-state index contributed by atoms with van der Waals surface area (Å²) in [6, 6.07) is 6.69. The second kappa shape index (κ2) is 2.63. The quantitative estimate of drug-likeness (QED) is 0.656. The van der Waals surface area contributed by atoms with Crippen molar-refractivity contribution < 1.29 is 8.42 Å². The van der Waals surface area contributed by atoms with Gasteiger partial charge in [0, 0.05) is 0 Å². The highest BCUT2D eigenvalue weighted by atomic mass is 32.2. The number of para-hydroxylation sites is 1. The summed E-state index contributed by atoms with van der Waals surface area (Å²) >= 11 is 0. The van der Waals surface area contributed by atoms with Gasteiger partial charge in [0.05, 0.1) is 5.69 Å². The standard InChI is InChI=1S/C8H6N4O2S/c13-15(14)7-4-2-1-3-6(7)12-5-9-10-8(12)11-15/h1-4H,5H2. The van der Waals surface area contributed by atoms with Crippen LogP contribution >= 0.6 is 0 Å². The van der Waals surface area contributed by atoms with E-state index in [4.69, 9.17) is 0 Å². The van der Waals surface area contributed by atoms with Crippen LogP contribution in [0.1, 0.15) is 0 Å². The zero-order valence-electron chi connectivity index (χ0n) is 7.53. The highest BCUT2D eigenvalue weighted by Gasteiger charge is 2.32. The van der Waals surface area contributed by atoms with Gasteiger partial charge in [-0.2, -0.15) is 13.5 Å². The molecule has 2 aliphatic heterocycles. The molecular formula is C8H6N4O2S. The molecule has 6 nitrogen and oxygen atoms in total. The Hall–Kier alpha value is -1.76. The number of fused-ring (bicyclic) bond motifs is 3. The van der Waals surface area contributed by atoms with Gasteiger partial charge in [-0.05, 0) is 12.1 Å². The highest BCUT2D eigenvalue weighted by Crippen LogP contribution is 2.32. The summed E-state index contributed by atoms with van der Waals surface area (Å²) < 4.78 is 27.0. The molecule has 0 unspecified atom stereocenters. The van der Waals surface area contributed by atoms with E-state index < -0.39 is 10.0 Å². The van der Waals surface area contributed by atoms with E-state index in [9.17, 15) is 8.42 Å². The number of nitrogens with zero attached hydrogens (tertiary/aromatic N) is 4. The van der Waals surface area contributed by atoms with Crippen LogP contribution < -0.4 is 4.90 Å². The average molecular weight is 222 g/mol. The van der Waals surface area contributed by atoms with Crippen molar-refractivity contribution in [3.05, 3.63) is 24.3 Å². The van der Waals surface area contributed by atoms with Crippen molar-refractivity contribution in [1.82, 2.24) is 0 Å². The van der Waals surface area contributed by atoms with Crippen molar-refractivity contribution in [2.75, 3.05) is 11.6 Å². The molecule has 7 heteroatoms. The third-order valence-electron chi connectivity index (χ3n) is 2.24. The Kier molecular flexibility index (Phi) is 1.50. The zero-order valence-corrected chi connectivity index (χ0v) is 8.35. The second-order valence-electron chi connectivity index (χ2n) is 3.14. The Morgan fingerprint density at radius 3 is 2.93 bits per heavy atom. The number of hydrogen-bond acceptors (Lipinski definition) is 5. The normalized spacial score (nSPS) is 20.8. The first kappa shape index (κ1) is 8.54. The molecule has 0 spiro atoms. The Labute approximate surface area is 86.0 Å². The van der Waals surface area contributed by atoms with Crippen LogP contribution in [0.15, 0.2) is 43.8 Å². The van der Waals surface area contributed by atoms with E-state index >= 15 is 0 Å². The predicted octanol–water partition coefficient (Wildman–Crippen LogP) is 0.975. The summed E-state index contributed by atoms with van der Waals surface area (Å²) in [4.78, 5) is 1.87. The number of sulfonamides is 1. The molecule has 0 saturated heterocycles. The van der Waals surface area contributed by atoms with Gasteiger partial charge in [-0.25, -0.2) is 0 Å². The molecule has 1 aromatic carbocycles. The third kappa shape index (κ3) is 1.09. The fraction of sp³-hybridized carbons (Fsp3) is 0.125. The van der Waals surface area contributed by atoms with Crippen LogP contribution in [0.5, 0.6) is 0 Å². The molecule has 0 saturated carbocycles. The van der Waals surface area contributed by atoms with Gasteiger partial charge in [-0.15, -0.1) is 9.51 Å². The SMILES string of the molecule is O=S1(=O)N=C2N=NCN2c2ccccc21. The molecule has 2 heterocycles. The monoisotopic (exact) mass is 222 g/mol. The van der Waals surface area contributed by atoms with Crippen LogP contribution in [0, 0.1) is 0 Å². The van der Waals surface area contributed by atoms with E-state index in [0.717, 1.165) is 0 Å². The van der Waals surface area contributed by atoms with E-state index in [1.54, 1.807) is 23.1 Å². The molecule has 0 atom stereocenters. The summed E-state index contributed by atoms with van der Waals surface area (Å²) in [6.45, 7) is 0.325. The van der Waals surface area contributed by atoms with Gasteiger partial charge in [-0.3, -0.25) is 4.90 Å². The Balaban J connectivity index is 2.34.